The molecule has 0 aromatic heterocycles. The van der Waals surface area contributed by atoms with E-state index in [2.05, 4.69) is 4.99 Å². The van der Waals surface area contributed by atoms with Crippen LogP contribution in [0.25, 0.3) is 0 Å². The molecule has 9 heavy (non-hydrogen) atoms. The monoisotopic (exact) mass is 123 g/mol. The first-order valence-corrected chi connectivity index (χ1v) is 2.87. The first-order valence-electron chi connectivity index (χ1n) is 2.87. The van der Waals surface area contributed by atoms with Crippen molar-refractivity contribution in [2.45, 2.75) is 13.3 Å². The van der Waals surface area contributed by atoms with Gasteiger partial charge in [-0.2, -0.15) is 0 Å². The Kier molecular flexibility index (Phi) is 1.34. The number of hydrogen-bond donors (Lipinski definition) is 2. The van der Waals surface area contributed by atoms with Crippen LogP contribution in [0.2, 0.25) is 0 Å². The topological polar surface area (TPSA) is 62.2 Å². The second kappa shape index (κ2) is 2.01. The van der Waals surface area contributed by atoms with Crippen molar-refractivity contribution in [3.05, 3.63) is 11.6 Å². The van der Waals surface area contributed by atoms with Gasteiger partial charge in [-0.15, -0.1) is 0 Å². The Hall–Kier alpha value is -1.12. The third kappa shape index (κ3) is 0.988. The van der Waals surface area contributed by atoms with Gasteiger partial charge < -0.3 is 5.73 Å². The minimum absolute atomic E-state index is 0.315. The molecule has 0 aromatic rings. The van der Waals surface area contributed by atoms with Crippen molar-refractivity contribution in [1.82, 2.24) is 0 Å². The van der Waals surface area contributed by atoms with Crippen LogP contribution in [0, 0.1) is 5.41 Å². The molecule has 0 saturated carbocycles. The highest BCUT2D eigenvalue weighted by molar-refractivity contribution is 6.15. The number of aliphatic imine (C=N–C) groups is 1. The van der Waals surface area contributed by atoms with Crippen LogP contribution in [0.4, 0.5) is 0 Å². The maximum absolute atomic E-state index is 7.20. The molecule has 1 rings (SSSR count). The highest BCUT2D eigenvalue weighted by Crippen LogP contribution is 2.08. The lowest BCUT2D eigenvalue weighted by molar-refractivity contribution is 1.16. The van der Waals surface area contributed by atoms with Crippen molar-refractivity contribution in [2.24, 2.45) is 10.7 Å². The van der Waals surface area contributed by atoms with E-state index in [1.807, 2.05) is 6.92 Å². The highest BCUT2D eigenvalue weighted by atomic mass is 14.9. The van der Waals surface area contributed by atoms with Crippen LogP contribution >= 0.6 is 0 Å². The van der Waals surface area contributed by atoms with Crippen LogP contribution in [0.5, 0.6) is 0 Å². The van der Waals surface area contributed by atoms with E-state index in [9.17, 15) is 0 Å². The van der Waals surface area contributed by atoms with Gasteiger partial charge in [0, 0.05) is 0 Å². The van der Waals surface area contributed by atoms with Gasteiger partial charge >= 0.3 is 0 Å². The Bertz CT molecular complexity index is 200. The lowest BCUT2D eigenvalue weighted by Gasteiger charge is -1.90. The normalized spacial score (nSPS) is 17.7. The number of nitrogens with two attached hydrogens (primary N) is 1. The molecular weight excluding hydrogens is 114 g/mol. The molecule has 3 heteroatoms. The molecule has 0 aromatic carbocycles. The van der Waals surface area contributed by atoms with Crippen LogP contribution in [-0.4, -0.2) is 11.7 Å². The molecule has 3 N–H and O–H groups in total. The van der Waals surface area contributed by atoms with Crippen molar-refractivity contribution < 1.29 is 0 Å². The van der Waals surface area contributed by atoms with Gasteiger partial charge in [0.25, 0.3) is 0 Å². The first kappa shape index (κ1) is 6.01. The van der Waals surface area contributed by atoms with Gasteiger partial charge in [0.2, 0.25) is 0 Å². The van der Waals surface area contributed by atoms with Gasteiger partial charge in [0.05, 0.1) is 0 Å². The number of nitrogens with zero attached hydrogens (tertiary/aromatic N) is 1. The van der Waals surface area contributed by atoms with Gasteiger partial charge in [-0.1, -0.05) is 6.92 Å². The van der Waals surface area contributed by atoms with Crippen LogP contribution < -0.4 is 5.73 Å². The Morgan fingerprint density at radius 2 is 2.44 bits per heavy atom. The second-order valence-electron chi connectivity index (χ2n) is 1.91. The maximum Gasteiger partial charge on any atom is 0.150 e. The van der Waals surface area contributed by atoms with E-state index in [1.54, 1.807) is 6.08 Å². The Morgan fingerprint density at radius 3 is 2.67 bits per heavy atom. The molecule has 0 atom stereocenters. The predicted molar refractivity (Wildman–Crippen MR) is 37.7 cm³/mol. The Balaban J connectivity index is 2.83. The average Bonchev–Trinajstić information content (AvgIpc) is 2.10. The van der Waals surface area contributed by atoms with Gasteiger partial charge in [0.15, 0.2) is 0 Å². The Labute approximate surface area is 53.8 Å². The van der Waals surface area contributed by atoms with Crippen LogP contribution in [-0.2, 0) is 0 Å². The second-order valence-corrected chi connectivity index (χ2v) is 1.91. The average molecular weight is 123 g/mol. The third-order valence-electron chi connectivity index (χ3n) is 1.25. The fourth-order valence-corrected chi connectivity index (χ4v) is 0.750. The summed E-state index contributed by atoms with van der Waals surface area (Å²) in [4.78, 5) is 3.73. The van der Waals surface area contributed by atoms with E-state index in [4.69, 9.17) is 11.1 Å². The minimum atomic E-state index is 0.315. The number of rotatable bonds is 1. The van der Waals surface area contributed by atoms with Crippen LogP contribution in [0.3, 0.4) is 0 Å². The first-order chi connectivity index (χ1) is 4.24. The van der Waals surface area contributed by atoms with Gasteiger partial charge in [-0.3, -0.25) is 5.41 Å². The zero-order valence-corrected chi connectivity index (χ0v) is 5.31. The Morgan fingerprint density at radius 1 is 1.78 bits per heavy atom. The molecule has 0 fully saturated rings. The summed E-state index contributed by atoms with van der Waals surface area (Å²) in [6.07, 6.45) is 2.57. The van der Waals surface area contributed by atoms with Gasteiger partial charge in [-0.05, 0) is 18.1 Å². The van der Waals surface area contributed by atoms with Crippen LogP contribution in [0.15, 0.2) is 16.6 Å². The molecular formula is C6H9N3. The lowest BCUT2D eigenvalue weighted by atomic mass is 10.2. The molecule has 0 aliphatic carbocycles. The molecule has 3 nitrogen and oxygen atoms in total. The fraction of sp³-hybridized carbons (Fsp3) is 0.333. The quantitative estimate of drug-likeness (QED) is 0.529. The maximum atomic E-state index is 7.20. The fourth-order valence-electron chi connectivity index (χ4n) is 0.750. The zero-order chi connectivity index (χ0) is 6.85. The molecule has 1 aliphatic heterocycles. The summed E-state index contributed by atoms with van der Waals surface area (Å²) in [7, 11) is 0. The van der Waals surface area contributed by atoms with E-state index in [-0.39, 0.29) is 0 Å². The van der Waals surface area contributed by atoms with E-state index in [1.165, 1.54) is 0 Å². The summed E-state index contributed by atoms with van der Waals surface area (Å²) in [6.45, 7) is 1.98. The molecule has 0 spiro atoms. The molecule has 1 aliphatic rings. The van der Waals surface area contributed by atoms with Crippen molar-refractivity contribution >= 4 is 11.7 Å². The van der Waals surface area contributed by atoms with Crippen molar-refractivity contribution in [1.29, 1.82) is 5.41 Å². The number of nitrogens with one attached hydrogen (secondary N) is 1. The predicted octanol–water partition coefficient (Wildman–Crippen LogP) is 0.671. The largest absolute Gasteiger partial charge is 0.384 e. The summed E-state index contributed by atoms with van der Waals surface area (Å²) in [5.74, 6) is 0.770. The molecule has 0 bridgehead atoms. The minimum Gasteiger partial charge on any atom is -0.384 e. The summed E-state index contributed by atoms with van der Waals surface area (Å²) in [5.41, 5.74) is 6.25. The van der Waals surface area contributed by atoms with Crippen molar-refractivity contribution in [3.63, 3.8) is 0 Å². The van der Waals surface area contributed by atoms with Gasteiger partial charge in [-0.25, -0.2) is 4.99 Å². The standard InChI is InChI=1S/C6H9N3/c1-2-4-3-5(7)9-6(4)8/h3H,2H2,1H3,(H3,7,8,9). The SMILES string of the molecule is CCC1=CC(N)=NC1=N. The molecule has 1 heterocycles. The molecule has 48 valence electrons. The number of hydrogen-bond acceptors (Lipinski definition) is 2. The number of amidine groups is 2. The van der Waals surface area contributed by atoms with Crippen molar-refractivity contribution in [2.75, 3.05) is 0 Å². The highest BCUT2D eigenvalue weighted by Gasteiger charge is 2.08. The summed E-state index contributed by atoms with van der Waals surface area (Å²) < 4.78 is 0. The van der Waals surface area contributed by atoms with E-state index in [0.29, 0.717) is 11.7 Å². The summed E-state index contributed by atoms with van der Waals surface area (Å²) in [5, 5.41) is 7.20. The van der Waals surface area contributed by atoms with E-state index >= 15 is 0 Å². The lowest BCUT2D eigenvalue weighted by Crippen LogP contribution is -2.04. The molecule has 0 amide bonds. The zero-order valence-electron chi connectivity index (χ0n) is 5.31. The van der Waals surface area contributed by atoms with Crippen molar-refractivity contribution in [3.8, 4) is 0 Å². The molecule has 0 saturated heterocycles. The summed E-state index contributed by atoms with van der Waals surface area (Å²) >= 11 is 0. The van der Waals surface area contributed by atoms with E-state index < -0.39 is 0 Å². The molecule has 0 radical (unpaired) electrons. The molecule has 0 unspecified atom stereocenters. The van der Waals surface area contributed by atoms with Crippen LogP contribution in [0.1, 0.15) is 13.3 Å². The summed E-state index contributed by atoms with van der Waals surface area (Å²) in [6, 6.07) is 0. The smallest absolute Gasteiger partial charge is 0.150 e. The van der Waals surface area contributed by atoms with Gasteiger partial charge in [0.1, 0.15) is 11.7 Å². The third-order valence-corrected chi connectivity index (χ3v) is 1.25. The van der Waals surface area contributed by atoms with E-state index in [0.717, 1.165) is 12.0 Å².